The Morgan fingerprint density at radius 3 is 2.46 bits per heavy atom. The van der Waals surface area contributed by atoms with Crippen LogP contribution in [0.4, 0.5) is 5.69 Å². The van der Waals surface area contributed by atoms with Crippen LogP contribution < -0.4 is 11.1 Å². The van der Waals surface area contributed by atoms with Gasteiger partial charge in [0.15, 0.2) is 0 Å². The average molecular weight is 359 g/mol. The van der Waals surface area contributed by atoms with Crippen molar-refractivity contribution in [1.29, 1.82) is 0 Å². The van der Waals surface area contributed by atoms with E-state index in [-0.39, 0.29) is 43.0 Å². The summed E-state index contributed by atoms with van der Waals surface area (Å²) in [4.78, 5) is 35.5. The molecule has 1 atom stereocenters. The molecular formula is C15H23ClN4O4. The van der Waals surface area contributed by atoms with E-state index in [0.717, 1.165) is 0 Å². The Morgan fingerprint density at radius 2 is 1.92 bits per heavy atom. The molecule has 0 radical (unpaired) electrons. The molecule has 1 aromatic carbocycles. The number of amides is 2. The van der Waals surface area contributed by atoms with E-state index < -0.39 is 16.9 Å². The fraction of sp³-hybridized carbons (Fsp3) is 0.467. The van der Waals surface area contributed by atoms with Gasteiger partial charge in [-0.1, -0.05) is 32.0 Å². The predicted molar refractivity (Wildman–Crippen MR) is 92.6 cm³/mol. The molecule has 9 heteroatoms. The van der Waals surface area contributed by atoms with Crippen LogP contribution in [0.3, 0.4) is 0 Å². The van der Waals surface area contributed by atoms with Crippen molar-refractivity contribution in [3.8, 4) is 0 Å². The summed E-state index contributed by atoms with van der Waals surface area (Å²) in [5.74, 6) is -0.783. The minimum absolute atomic E-state index is 0. The fourth-order valence-electron chi connectivity index (χ4n) is 1.88. The lowest BCUT2D eigenvalue weighted by atomic mass is 10.1. The number of carbonyl (C=O) groups excluding carboxylic acids is 2. The maximum absolute atomic E-state index is 12.0. The number of nitro benzene ring substituents is 1. The fourth-order valence-corrected chi connectivity index (χ4v) is 1.88. The second-order valence-electron chi connectivity index (χ2n) is 5.62. The summed E-state index contributed by atoms with van der Waals surface area (Å²) in [6.45, 7) is 3.51. The Labute approximate surface area is 146 Å². The number of hydrogen-bond acceptors (Lipinski definition) is 5. The molecule has 0 fully saturated rings. The van der Waals surface area contributed by atoms with Crippen LogP contribution in [-0.4, -0.2) is 41.3 Å². The van der Waals surface area contributed by atoms with Crippen LogP contribution in [0.1, 0.15) is 19.4 Å². The van der Waals surface area contributed by atoms with E-state index in [2.05, 4.69) is 5.32 Å². The highest BCUT2D eigenvalue weighted by Gasteiger charge is 2.20. The van der Waals surface area contributed by atoms with E-state index in [1.807, 2.05) is 13.8 Å². The van der Waals surface area contributed by atoms with E-state index >= 15 is 0 Å². The molecule has 0 aliphatic heterocycles. The number of nitro groups is 1. The predicted octanol–water partition coefficient (Wildman–Crippen LogP) is 1.07. The number of carbonyl (C=O) groups is 2. The molecule has 1 aromatic rings. The summed E-state index contributed by atoms with van der Waals surface area (Å²) in [7, 11) is 1.52. The number of hydrogen-bond donors (Lipinski definition) is 2. The summed E-state index contributed by atoms with van der Waals surface area (Å²) < 4.78 is 0. The Hall–Kier alpha value is -2.19. The summed E-state index contributed by atoms with van der Waals surface area (Å²) in [6, 6.07) is 5.54. The molecule has 0 unspecified atom stereocenters. The van der Waals surface area contributed by atoms with Crippen molar-refractivity contribution >= 4 is 29.9 Å². The second-order valence-corrected chi connectivity index (χ2v) is 5.62. The maximum Gasteiger partial charge on any atom is 0.274 e. The normalized spacial score (nSPS) is 11.4. The van der Waals surface area contributed by atoms with Crippen LogP contribution in [-0.2, 0) is 16.1 Å². The van der Waals surface area contributed by atoms with Crippen LogP contribution in [0.2, 0.25) is 0 Å². The SMILES string of the molecule is CC(C)[C@H](N)C(=O)NCC(=O)N(C)Cc1ccccc1[N+](=O)[O-].Cl. The third-order valence-electron chi connectivity index (χ3n) is 3.46. The third kappa shape index (κ3) is 6.13. The lowest BCUT2D eigenvalue weighted by molar-refractivity contribution is -0.385. The van der Waals surface area contributed by atoms with E-state index in [0.29, 0.717) is 5.56 Å². The molecule has 0 aromatic heterocycles. The zero-order valence-electron chi connectivity index (χ0n) is 13.9. The highest BCUT2D eigenvalue weighted by Crippen LogP contribution is 2.18. The van der Waals surface area contributed by atoms with Gasteiger partial charge in [-0.2, -0.15) is 0 Å². The Balaban J connectivity index is 0.00000529. The number of halogens is 1. The molecule has 0 bridgehead atoms. The van der Waals surface area contributed by atoms with Crippen LogP contribution in [0.25, 0.3) is 0 Å². The third-order valence-corrected chi connectivity index (χ3v) is 3.46. The van der Waals surface area contributed by atoms with Gasteiger partial charge < -0.3 is 16.0 Å². The van der Waals surface area contributed by atoms with Gasteiger partial charge in [0.2, 0.25) is 11.8 Å². The van der Waals surface area contributed by atoms with Crippen molar-refractivity contribution in [2.75, 3.05) is 13.6 Å². The number of rotatable bonds is 7. The maximum atomic E-state index is 12.0. The van der Waals surface area contributed by atoms with Gasteiger partial charge in [-0.25, -0.2) is 0 Å². The van der Waals surface area contributed by atoms with E-state index in [1.54, 1.807) is 18.2 Å². The molecule has 0 saturated heterocycles. The molecule has 2 amide bonds. The van der Waals surface area contributed by atoms with Gasteiger partial charge in [0.1, 0.15) is 0 Å². The summed E-state index contributed by atoms with van der Waals surface area (Å²) in [6.07, 6.45) is 0. The molecule has 134 valence electrons. The first-order valence-corrected chi connectivity index (χ1v) is 7.23. The Bertz CT molecular complexity index is 595. The first-order valence-electron chi connectivity index (χ1n) is 7.23. The van der Waals surface area contributed by atoms with Gasteiger partial charge in [-0.3, -0.25) is 19.7 Å². The smallest absolute Gasteiger partial charge is 0.274 e. The van der Waals surface area contributed by atoms with Crippen molar-refractivity contribution in [3.63, 3.8) is 0 Å². The zero-order valence-corrected chi connectivity index (χ0v) is 14.7. The molecule has 24 heavy (non-hydrogen) atoms. The van der Waals surface area contributed by atoms with Crippen molar-refractivity contribution in [3.05, 3.63) is 39.9 Å². The topological polar surface area (TPSA) is 119 Å². The van der Waals surface area contributed by atoms with Crippen molar-refractivity contribution in [2.45, 2.75) is 26.4 Å². The lowest BCUT2D eigenvalue weighted by Gasteiger charge is -2.19. The highest BCUT2D eigenvalue weighted by atomic mass is 35.5. The Kier molecular flexibility index (Phi) is 8.94. The molecule has 3 N–H and O–H groups in total. The molecule has 0 aliphatic rings. The number of nitrogens with one attached hydrogen (secondary N) is 1. The number of benzene rings is 1. The summed E-state index contributed by atoms with van der Waals surface area (Å²) in [5.41, 5.74) is 6.07. The average Bonchev–Trinajstić information content (AvgIpc) is 2.51. The van der Waals surface area contributed by atoms with Crippen LogP contribution in [0.15, 0.2) is 24.3 Å². The number of likely N-dealkylation sites (N-methyl/N-ethyl adjacent to an activating group) is 1. The number of nitrogens with two attached hydrogens (primary N) is 1. The van der Waals surface area contributed by atoms with Crippen LogP contribution >= 0.6 is 12.4 Å². The largest absolute Gasteiger partial charge is 0.346 e. The zero-order chi connectivity index (χ0) is 17.6. The molecular weight excluding hydrogens is 336 g/mol. The van der Waals surface area contributed by atoms with E-state index in [9.17, 15) is 19.7 Å². The molecule has 0 saturated carbocycles. The number of nitrogens with zero attached hydrogens (tertiary/aromatic N) is 2. The minimum Gasteiger partial charge on any atom is -0.346 e. The van der Waals surface area contributed by atoms with Crippen molar-refractivity contribution in [1.82, 2.24) is 10.2 Å². The summed E-state index contributed by atoms with van der Waals surface area (Å²) in [5, 5.41) is 13.4. The molecule has 0 spiro atoms. The minimum atomic E-state index is -0.677. The van der Waals surface area contributed by atoms with Gasteiger partial charge in [0, 0.05) is 18.7 Å². The van der Waals surface area contributed by atoms with E-state index in [4.69, 9.17) is 5.73 Å². The second kappa shape index (κ2) is 9.84. The van der Waals surface area contributed by atoms with Gasteiger partial charge in [-0.05, 0) is 5.92 Å². The highest BCUT2D eigenvalue weighted by molar-refractivity contribution is 5.87. The Morgan fingerprint density at radius 1 is 1.33 bits per heavy atom. The van der Waals surface area contributed by atoms with Crippen LogP contribution in [0, 0.1) is 16.0 Å². The monoisotopic (exact) mass is 358 g/mol. The lowest BCUT2D eigenvalue weighted by Crippen LogP contribution is -2.47. The molecule has 8 nitrogen and oxygen atoms in total. The number of para-hydroxylation sites is 1. The van der Waals surface area contributed by atoms with Crippen molar-refractivity contribution in [2.24, 2.45) is 11.7 Å². The van der Waals surface area contributed by atoms with Gasteiger partial charge >= 0.3 is 0 Å². The first kappa shape index (κ1) is 21.8. The van der Waals surface area contributed by atoms with Gasteiger partial charge in [0.05, 0.1) is 24.1 Å². The molecule has 1 rings (SSSR count). The van der Waals surface area contributed by atoms with Gasteiger partial charge in [-0.15, -0.1) is 12.4 Å². The molecule has 0 heterocycles. The quantitative estimate of drug-likeness (QED) is 0.558. The first-order chi connectivity index (χ1) is 10.7. The standard InChI is InChI=1S/C15H22N4O4.ClH/c1-10(2)14(16)15(21)17-8-13(20)18(3)9-11-6-4-5-7-12(11)19(22)23;/h4-7,10,14H,8-9,16H2,1-3H3,(H,17,21);1H/t14-;/m0./s1. The van der Waals surface area contributed by atoms with Gasteiger partial charge in [0.25, 0.3) is 5.69 Å². The van der Waals surface area contributed by atoms with E-state index in [1.165, 1.54) is 18.0 Å². The van der Waals surface area contributed by atoms with Crippen molar-refractivity contribution < 1.29 is 14.5 Å². The van der Waals surface area contributed by atoms with Crippen LogP contribution in [0.5, 0.6) is 0 Å². The molecule has 0 aliphatic carbocycles. The summed E-state index contributed by atoms with van der Waals surface area (Å²) >= 11 is 0.